The molecule has 2 saturated heterocycles. The lowest BCUT2D eigenvalue weighted by atomic mass is 9.59. The summed E-state index contributed by atoms with van der Waals surface area (Å²) < 4.78 is 24.4. The lowest BCUT2D eigenvalue weighted by Crippen LogP contribution is -2.55. The summed E-state index contributed by atoms with van der Waals surface area (Å²) in [5.41, 5.74) is 0.162. The molecule has 0 radical (unpaired) electrons. The minimum atomic E-state index is -0.297. The summed E-state index contributed by atoms with van der Waals surface area (Å²) in [6.45, 7) is 26.2. The first-order chi connectivity index (χ1) is 15.6. The van der Waals surface area contributed by atoms with Gasteiger partial charge in [-0.15, -0.1) is 0 Å². The first kappa shape index (κ1) is 27.3. The van der Waals surface area contributed by atoms with Crippen LogP contribution < -0.4 is 9.47 Å². The Morgan fingerprint density at radius 2 is 1.03 bits per heavy atom. The Bertz CT molecular complexity index is 752. The van der Waals surface area contributed by atoms with Crippen molar-refractivity contribution in [3.05, 3.63) is 24.3 Å². The summed E-state index contributed by atoms with van der Waals surface area (Å²) >= 11 is 0. The van der Waals surface area contributed by atoms with E-state index in [1.165, 1.54) is 0 Å². The summed E-state index contributed by atoms with van der Waals surface area (Å²) in [6.07, 6.45) is 4.19. The molecule has 0 spiro atoms. The van der Waals surface area contributed by atoms with E-state index in [0.717, 1.165) is 63.6 Å². The summed E-state index contributed by atoms with van der Waals surface area (Å²) in [6, 6.07) is 8.16. The fourth-order valence-corrected chi connectivity index (χ4v) is 6.66. The average molecular weight is 475 g/mol. The van der Waals surface area contributed by atoms with Gasteiger partial charge in [0.2, 0.25) is 0 Å². The summed E-state index contributed by atoms with van der Waals surface area (Å²) in [5, 5.41) is 0. The van der Waals surface area contributed by atoms with Crippen LogP contribution >= 0.6 is 0 Å². The highest BCUT2D eigenvalue weighted by molar-refractivity contribution is 5.34. The van der Waals surface area contributed by atoms with E-state index in [4.69, 9.17) is 18.9 Å². The van der Waals surface area contributed by atoms with Crippen LogP contribution in [0, 0.1) is 21.7 Å². The van der Waals surface area contributed by atoms with E-state index in [9.17, 15) is 0 Å². The van der Waals surface area contributed by atoms with E-state index >= 15 is 0 Å². The van der Waals surface area contributed by atoms with Gasteiger partial charge in [-0.2, -0.15) is 0 Å². The second kappa shape index (κ2) is 9.32. The molecule has 0 bridgehead atoms. The molecule has 2 aliphatic heterocycles. The van der Waals surface area contributed by atoms with Crippen LogP contribution in [-0.4, -0.2) is 37.6 Å². The third-order valence-electron chi connectivity index (χ3n) is 9.07. The van der Waals surface area contributed by atoms with Gasteiger partial charge < -0.3 is 18.9 Å². The summed E-state index contributed by atoms with van der Waals surface area (Å²) in [5.74, 6) is 1.72. The molecule has 34 heavy (non-hydrogen) atoms. The third kappa shape index (κ3) is 5.43. The van der Waals surface area contributed by atoms with Crippen molar-refractivity contribution in [3.8, 4) is 11.5 Å². The highest BCUT2D eigenvalue weighted by atomic mass is 16.5. The van der Waals surface area contributed by atoms with E-state index in [1.54, 1.807) is 0 Å². The number of hydrogen-bond donors (Lipinski definition) is 0. The Morgan fingerprint density at radius 3 is 1.29 bits per heavy atom. The van der Waals surface area contributed by atoms with Crippen LogP contribution in [0.4, 0.5) is 0 Å². The van der Waals surface area contributed by atoms with Crippen LogP contribution in [0.2, 0.25) is 0 Å². The van der Waals surface area contributed by atoms with Crippen molar-refractivity contribution in [1.82, 2.24) is 0 Å². The molecule has 0 unspecified atom stereocenters. The first-order valence-electron chi connectivity index (χ1n) is 13.2. The van der Waals surface area contributed by atoms with Crippen molar-refractivity contribution < 1.29 is 18.9 Å². The molecular formula is C30H50O4. The van der Waals surface area contributed by atoms with E-state index in [-0.39, 0.29) is 32.9 Å². The number of ether oxygens (including phenoxy) is 4. The zero-order valence-corrected chi connectivity index (χ0v) is 23.6. The molecule has 0 aromatic heterocycles. The van der Waals surface area contributed by atoms with Crippen molar-refractivity contribution in [1.29, 1.82) is 0 Å². The van der Waals surface area contributed by atoms with E-state index in [1.807, 2.05) is 24.3 Å². The number of rotatable bonds is 12. The van der Waals surface area contributed by atoms with Gasteiger partial charge >= 0.3 is 0 Å². The van der Waals surface area contributed by atoms with Gasteiger partial charge in [-0.3, -0.25) is 0 Å². The van der Waals surface area contributed by atoms with Crippen molar-refractivity contribution in [2.45, 2.75) is 106 Å². The van der Waals surface area contributed by atoms with E-state index in [0.29, 0.717) is 0 Å². The smallest absolute Gasteiger partial charge is 0.123 e. The monoisotopic (exact) mass is 474 g/mol. The molecular weight excluding hydrogens is 424 g/mol. The molecule has 194 valence electrons. The average Bonchev–Trinajstić information content (AvgIpc) is 2.57. The van der Waals surface area contributed by atoms with Crippen LogP contribution in [0.25, 0.3) is 0 Å². The van der Waals surface area contributed by atoms with Crippen molar-refractivity contribution in [3.63, 3.8) is 0 Å². The molecule has 4 nitrogen and oxygen atoms in total. The lowest BCUT2D eigenvalue weighted by Gasteiger charge is -2.54. The number of benzene rings is 1. The molecule has 0 saturated carbocycles. The van der Waals surface area contributed by atoms with Gasteiger partial charge in [0.25, 0.3) is 0 Å². The van der Waals surface area contributed by atoms with Gasteiger partial charge in [-0.05, 0) is 76.3 Å². The summed E-state index contributed by atoms with van der Waals surface area (Å²) in [7, 11) is 0. The van der Waals surface area contributed by atoms with Gasteiger partial charge in [0, 0.05) is 16.9 Å². The van der Waals surface area contributed by atoms with Crippen LogP contribution in [-0.2, 0) is 9.47 Å². The molecule has 2 aliphatic rings. The van der Waals surface area contributed by atoms with Gasteiger partial charge in [0.15, 0.2) is 0 Å². The highest BCUT2D eigenvalue weighted by Crippen LogP contribution is 2.53. The predicted molar refractivity (Wildman–Crippen MR) is 140 cm³/mol. The molecule has 2 fully saturated rings. The second-order valence-electron chi connectivity index (χ2n) is 13.6. The largest absolute Gasteiger partial charge is 0.488 e. The maximum absolute atomic E-state index is 6.56. The predicted octanol–water partition coefficient (Wildman–Crippen LogP) is 7.69. The van der Waals surface area contributed by atoms with Gasteiger partial charge in [-0.25, -0.2) is 0 Å². The van der Waals surface area contributed by atoms with Crippen molar-refractivity contribution in [2.75, 3.05) is 26.4 Å². The fraction of sp³-hybridized carbons (Fsp3) is 0.800. The normalized spacial score (nSPS) is 20.3. The zero-order chi connectivity index (χ0) is 25.5. The second-order valence-corrected chi connectivity index (χ2v) is 13.6. The Morgan fingerprint density at radius 1 is 0.676 bits per heavy atom. The van der Waals surface area contributed by atoms with Gasteiger partial charge in [0.1, 0.15) is 22.7 Å². The molecule has 2 heterocycles. The van der Waals surface area contributed by atoms with Crippen LogP contribution in [0.15, 0.2) is 24.3 Å². The van der Waals surface area contributed by atoms with Crippen molar-refractivity contribution in [2.24, 2.45) is 21.7 Å². The lowest BCUT2D eigenvalue weighted by molar-refractivity contribution is -0.189. The van der Waals surface area contributed by atoms with E-state index in [2.05, 4.69) is 69.2 Å². The minimum Gasteiger partial charge on any atom is -0.488 e. The molecule has 4 heteroatoms. The molecule has 1 aromatic rings. The third-order valence-corrected chi connectivity index (χ3v) is 9.07. The maximum atomic E-state index is 6.56. The molecule has 0 aliphatic carbocycles. The van der Waals surface area contributed by atoms with Crippen molar-refractivity contribution >= 4 is 0 Å². The minimum absolute atomic E-state index is 0.131. The highest BCUT2D eigenvalue weighted by Gasteiger charge is 2.52. The SMILES string of the molecule is CCC1(C(C)(C)CC(C)(C)Oc2cccc(OC(C)(C)CC(C)(C)C3(CC)COC3)c2)COC1. The topological polar surface area (TPSA) is 36.9 Å². The Hall–Kier alpha value is -1.26. The molecule has 0 atom stereocenters. The van der Waals surface area contributed by atoms with Gasteiger partial charge in [-0.1, -0.05) is 47.6 Å². The fourth-order valence-electron chi connectivity index (χ4n) is 6.66. The van der Waals surface area contributed by atoms with Gasteiger partial charge in [0.05, 0.1) is 26.4 Å². The maximum Gasteiger partial charge on any atom is 0.123 e. The van der Waals surface area contributed by atoms with Crippen LogP contribution in [0.1, 0.15) is 94.9 Å². The van der Waals surface area contributed by atoms with E-state index < -0.39 is 0 Å². The Labute approximate surface area is 209 Å². The molecule has 1 aromatic carbocycles. The Balaban J connectivity index is 1.67. The zero-order valence-electron chi connectivity index (χ0n) is 23.6. The van der Waals surface area contributed by atoms with Crippen LogP contribution in [0.5, 0.6) is 11.5 Å². The summed E-state index contributed by atoms with van der Waals surface area (Å²) in [4.78, 5) is 0. The molecule has 0 N–H and O–H groups in total. The number of hydrogen-bond acceptors (Lipinski definition) is 4. The first-order valence-corrected chi connectivity index (χ1v) is 13.2. The quantitative estimate of drug-likeness (QED) is 0.311. The molecule has 3 rings (SSSR count). The Kier molecular flexibility index (Phi) is 7.49. The standard InChI is InChI=1S/C30H50O4/c1-11-29(19-31-20-29)25(3,4)17-27(7,8)33-23-14-13-15-24(16-23)34-28(9,10)18-26(5,6)30(12-2)21-32-22-30/h13-16H,11-12,17-22H2,1-10H3. The molecule has 0 amide bonds. The van der Waals surface area contributed by atoms with Crippen LogP contribution in [0.3, 0.4) is 0 Å².